The molecule has 35 heavy (non-hydrogen) atoms. The van der Waals surface area contributed by atoms with Gasteiger partial charge in [0.25, 0.3) is 0 Å². The van der Waals surface area contributed by atoms with Crippen LogP contribution in [0.5, 0.6) is 5.75 Å². The van der Waals surface area contributed by atoms with Gasteiger partial charge in [-0.1, -0.05) is 12.1 Å². The average Bonchev–Trinajstić information content (AvgIpc) is 2.82. The Labute approximate surface area is 204 Å². The van der Waals surface area contributed by atoms with Gasteiger partial charge in [0.1, 0.15) is 11.6 Å². The van der Waals surface area contributed by atoms with E-state index < -0.39 is 11.4 Å². The second-order valence-corrected chi connectivity index (χ2v) is 8.44. The third-order valence-corrected chi connectivity index (χ3v) is 5.81. The van der Waals surface area contributed by atoms with E-state index >= 15 is 0 Å². The van der Waals surface area contributed by atoms with E-state index in [2.05, 4.69) is 15.3 Å². The Morgan fingerprint density at radius 3 is 2.40 bits per heavy atom. The highest BCUT2D eigenvalue weighted by molar-refractivity contribution is 5.47. The van der Waals surface area contributed by atoms with Gasteiger partial charge in [-0.3, -0.25) is 4.57 Å². The second kappa shape index (κ2) is 12.2. The minimum absolute atomic E-state index is 0.118. The molecule has 0 aliphatic heterocycles. The molecule has 3 aromatic rings. The highest BCUT2D eigenvalue weighted by Gasteiger charge is 2.15. The van der Waals surface area contributed by atoms with Crippen molar-refractivity contribution in [2.24, 2.45) is 0 Å². The summed E-state index contributed by atoms with van der Waals surface area (Å²) < 4.78 is 13.0. The minimum Gasteiger partial charge on any atom is -0.497 e. The first kappa shape index (κ1) is 26.0. The van der Waals surface area contributed by atoms with Crippen molar-refractivity contribution in [2.75, 3.05) is 31.9 Å². The van der Waals surface area contributed by atoms with Gasteiger partial charge in [-0.05, 0) is 62.4 Å². The molecule has 3 N–H and O–H groups in total. The van der Waals surface area contributed by atoms with Gasteiger partial charge in [-0.2, -0.15) is 4.98 Å². The highest BCUT2D eigenvalue weighted by atomic mass is 16.5. The molecule has 10 heteroatoms. The maximum atomic E-state index is 13.4. The van der Waals surface area contributed by atoms with Gasteiger partial charge >= 0.3 is 11.4 Å². The van der Waals surface area contributed by atoms with Crippen LogP contribution in [0.4, 0.5) is 11.8 Å². The van der Waals surface area contributed by atoms with Gasteiger partial charge < -0.3 is 20.5 Å². The molecule has 0 aliphatic rings. The van der Waals surface area contributed by atoms with E-state index in [4.69, 9.17) is 15.2 Å². The number of aryl methyl sites for hydroxylation is 2. The van der Waals surface area contributed by atoms with Gasteiger partial charge in [0, 0.05) is 38.1 Å². The number of hydrogen-bond acceptors (Lipinski definition) is 8. The third-order valence-electron chi connectivity index (χ3n) is 5.81. The molecule has 2 aromatic heterocycles. The fourth-order valence-electron chi connectivity index (χ4n) is 3.90. The number of aromatic nitrogens is 4. The fourth-order valence-corrected chi connectivity index (χ4v) is 3.90. The summed E-state index contributed by atoms with van der Waals surface area (Å²) in [6.07, 6.45) is 2.51. The van der Waals surface area contributed by atoms with E-state index in [-0.39, 0.29) is 12.5 Å². The summed E-state index contributed by atoms with van der Waals surface area (Å²) in [6, 6.07) is 9.17. The van der Waals surface area contributed by atoms with Crippen LogP contribution >= 0.6 is 0 Å². The van der Waals surface area contributed by atoms with Crippen LogP contribution in [-0.2, 0) is 24.4 Å². The molecule has 0 unspecified atom stereocenters. The van der Waals surface area contributed by atoms with E-state index in [1.54, 1.807) is 26.4 Å². The zero-order valence-electron chi connectivity index (χ0n) is 20.8. The van der Waals surface area contributed by atoms with Crippen LogP contribution < -0.4 is 27.2 Å². The topological polar surface area (TPSA) is 126 Å². The summed E-state index contributed by atoms with van der Waals surface area (Å²) in [7, 11) is 3.25. The zero-order chi connectivity index (χ0) is 25.4. The normalized spacial score (nSPS) is 11.0. The predicted molar refractivity (Wildman–Crippen MR) is 136 cm³/mol. The van der Waals surface area contributed by atoms with Crippen LogP contribution in [0.15, 0.2) is 39.9 Å². The van der Waals surface area contributed by atoms with E-state index in [0.717, 1.165) is 46.2 Å². The van der Waals surface area contributed by atoms with Crippen molar-refractivity contribution in [1.82, 2.24) is 19.1 Å². The molecule has 0 radical (unpaired) electrons. The van der Waals surface area contributed by atoms with E-state index in [9.17, 15) is 9.59 Å². The Balaban J connectivity index is 1.90. The lowest BCUT2D eigenvalue weighted by molar-refractivity contribution is 0.191. The Hall–Kier alpha value is -3.66. The maximum absolute atomic E-state index is 13.4. The number of methoxy groups -OCH3 is 2. The first-order valence-corrected chi connectivity index (χ1v) is 11.6. The molecule has 0 aliphatic carbocycles. The number of unbranched alkanes of at least 4 members (excludes halogenated alkanes) is 2. The molecule has 0 atom stereocenters. The molecule has 0 bridgehead atoms. The standard InChI is InChI=1S/C25H34N6O4/c1-17-14-18(2)28-22(26)21(17)15-27-23-29-24(32)31(16-19-8-10-20(35-4)11-9-19)25(33)30(23)12-6-5-7-13-34-3/h8-11,14H,5-7,12-13,15-16H2,1-4H3,(H2,26,28)(H,27,29,32). The molecule has 3 rings (SSSR count). The van der Waals surface area contributed by atoms with Gasteiger partial charge in [0.05, 0.1) is 13.7 Å². The number of nitrogen functional groups attached to an aromatic ring is 1. The third kappa shape index (κ3) is 6.69. The second-order valence-electron chi connectivity index (χ2n) is 8.44. The van der Waals surface area contributed by atoms with Crippen LogP contribution in [0.1, 0.15) is 41.6 Å². The van der Waals surface area contributed by atoms with Gasteiger partial charge in [-0.25, -0.2) is 19.1 Å². The lowest BCUT2D eigenvalue weighted by atomic mass is 10.1. The summed E-state index contributed by atoms with van der Waals surface area (Å²) in [5.41, 5.74) is 8.49. The maximum Gasteiger partial charge on any atom is 0.355 e. The SMILES string of the molecule is COCCCCCn1c(NCc2c(C)cc(C)nc2N)nc(=O)n(Cc2ccc(OC)cc2)c1=O. The Kier molecular flexibility index (Phi) is 9.02. The van der Waals surface area contributed by atoms with Crippen LogP contribution in [0.3, 0.4) is 0 Å². The van der Waals surface area contributed by atoms with E-state index in [1.165, 1.54) is 4.57 Å². The number of nitrogens with two attached hydrogens (primary N) is 1. The molecular formula is C25H34N6O4. The Morgan fingerprint density at radius 1 is 1.00 bits per heavy atom. The molecule has 0 spiro atoms. The van der Waals surface area contributed by atoms with Crippen molar-refractivity contribution < 1.29 is 9.47 Å². The summed E-state index contributed by atoms with van der Waals surface area (Å²) in [5.74, 6) is 1.33. The number of anilines is 2. The Morgan fingerprint density at radius 2 is 1.74 bits per heavy atom. The molecule has 0 amide bonds. The van der Waals surface area contributed by atoms with Crippen molar-refractivity contribution in [2.45, 2.75) is 52.7 Å². The smallest absolute Gasteiger partial charge is 0.355 e. The van der Waals surface area contributed by atoms with Crippen LogP contribution in [0.25, 0.3) is 0 Å². The summed E-state index contributed by atoms with van der Waals surface area (Å²) in [6.45, 7) is 5.32. The molecular weight excluding hydrogens is 448 g/mol. The van der Waals surface area contributed by atoms with Crippen molar-refractivity contribution in [3.63, 3.8) is 0 Å². The molecule has 0 fully saturated rings. The van der Waals surface area contributed by atoms with Gasteiger partial charge in [-0.15, -0.1) is 0 Å². The summed E-state index contributed by atoms with van der Waals surface area (Å²) in [4.78, 5) is 34.8. The molecule has 2 heterocycles. The number of ether oxygens (including phenoxy) is 2. The average molecular weight is 483 g/mol. The van der Waals surface area contributed by atoms with Crippen molar-refractivity contribution >= 4 is 11.8 Å². The lowest BCUT2D eigenvalue weighted by Crippen LogP contribution is -2.43. The highest BCUT2D eigenvalue weighted by Crippen LogP contribution is 2.17. The largest absolute Gasteiger partial charge is 0.497 e. The molecule has 0 saturated carbocycles. The van der Waals surface area contributed by atoms with Crippen molar-refractivity contribution in [3.05, 3.63) is 73.7 Å². The first-order chi connectivity index (χ1) is 16.8. The summed E-state index contributed by atoms with van der Waals surface area (Å²) in [5, 5.41) is 3.15. The number of hydrogen-bond donors (Lipinski definition) is 2. The zero-order valence-corrected chi connectivity index (χ0v) is 20.8. The van der Waals surface area contributed by atoms with E-state index in [0.29, 0.717) is 31.3 Å². The van der Waals surface area contributed by atoms with Gasteiger partial charge in [0.2, 0.25) is 5.95 Å². The molecule has 1 aromatic carbocycles. The van der Waals surface area contributed by atoms with E-state index in [1.807, 2.05) is 32.0 Å². The van der Waals surface area contributed by atoms with Crippen LogP contribution in [-0.4, -0.2) is 39.9 Å². The van der Waals surface area contributed by atoms with Crippen LogP contribution in [0, 0.1) is 13.8 Å². The first-order valence-electron chi connectivity index (χ1n) is 11.6. The van der Waals surface area contributed by atoms with Crippen molar-refractivity contribution in [1.29, 1.82) is 0 Å². The molecule has 188 valence electrons. The number of rotatable bonds is 12. The number of nitrogens with zero attached hydrogens (tertiary/aromatic N) is 4. The molecule has 10 nitrogen and oxygen atoms in total. The van der Waals surface area contributed by atoms with Gasteiger partial charge in [0.15, 0.2) is 0 Å². The fraction of sp³-hybridized carbons (Fsp3) is 0.440. The van der Waals surface area contributed by atoms with Crippen molar-refractivity contribution in [3.8, 4) is 5.75 Å². The molecule has 0 saturated heterocycles. The number of pyridine rings is 1. The number of nitrogens with one attached hydrogen (secondary N) is 1. The predicted octanol–water partition coefficient (Wildman–Crippen LogP) is 2.48. The Bertz CT molecular complexity index is 1230. The quantitative estimate of drug-likeness (QED) is 0.377. The number of benzene rings is 1. The lowest BCUT2D eigenvalue weighted by Gasteiger charge is -2.17. The monoisotopic (exact) mass is 482 g/mol. The van der Waals surface area contributed by atoms with Crippen LogP contribution in [0.2, 0.25) is 0 Å². The minimum atomic E-state index is -0.615. The summed E-state index contributed by atoms with van der Waals surface area (Å²) >= 11 is 0.